The Bertz CT molecular complexity index is 1720. The molecule has 0 saturated carbocycles. The number of carboxylic acids is 1. The number of hydrogen-bond acceptors (Lipinski definition) is 6. The molecule has 1 aliphatic heterocycles. The van der Waals surface area contributed by atoms with Crippen molar-refractivity contribution >= 4 is 32.7 Å². The zero-order valence-corrected chi connectivity index (χ0v) is 23.4. The molecule has 0 bridgehead atoms. The molecule has 10 heteroatoms. The minimum atomic E-state index is -4.21. The number of methoxy groups -OCH3 is 2. The number of aliphatic carboxylic acids is 1. The fourth-order valence-corrected chi connectivity index (χ4v) is 6.74. The largest absolute Gasteiger partial charge is 0.493 e. The summed E-state index contributed by atoms with van der Waals surface area (Å²) in [4.78, 5) is 25.9. The number of fused-ring (bicyclic) bond motifs is 2. The fourth-order valence-electron chi connectivity index (χ4n) is 5.16. The fraction of sp³-hybridized carbons (Fsp3) is 0.226. The standard InChI is InChI=1S/C31H30N2O7S/c1-39-28-14-13-25(18-29(28)40-2)41(37,38)33-19-24-10-6-5-9-23(24)17-27(33)30(34)32-26(31(35)36)16-20-11-12-21-7-3-4-8-22(21)15-20/h3-15,18,26-27H,16-17,19H2,1-2H3,(H,32,34)(H,35,36)/t26-,27-/m0/s1. The number of carboxylic acid groups (broad SMARTS) is 1. The van der Waals surface area contributed by atoms with E-state index in [1.807, 2.05) is 66.7 Å². The van der Waals surface area contributed by atoms with Crippen molar-refractivity contribution < 1.29 is 32.6 Å². The van der Waals surface area contributed by atoms with Gasteiger partial charge in [0.1, 0.15) is 12.1 Å². The van der Waals surface area contributed by atoms with Crippen LogP contribution in [0.15, 0.2) is 89.8 Å². The van der Waals surface area contributed by atoms with E-state index in [-0.39, 0.29) is 30.0 Å². The van der Waals surface area contributed by atoms with Crippen molar-refractivity contribution in [2.45, 2.75) is 36.4 Å². The van der Waals surface area contributed by atoms with Crippen molar-refractivity contribution in [1.82, 2.24) is 9.62 Å². The van der Waals surface area contributed by atoms with Crippen LogP contribution in [0.4, 0.5) is 0 Å². The van der Waals surface area contributed by atoms with Gasteiger partial charge < -0.3 is 19.9 Å². The van der Waals surface area contributed by atoms with E-state index in [0.29, 0.717) is 5.75 Å². The van der Waals surface area contributed by atoms with Crippen LogP contribution in [0.5, 0.6) is 11.5 Å². The second kappa shape index (κ2) is 11.6. The van der Waals surface area contributed by atoms with E-state index in [1.165, 1.54) is 32.4 Å². The summed E-state index contributed by atoms with van der Waals surface area (Å²) < 4.78 is 39.6. The SMILES string of the molecule is COc1ccc(S(=O)(=O)N2Cc3ccccc3C[C@H]2C(=O)N[C@@H](Cc2ccc3ccccc3c2)C(=O)O)cc1OC. The Morgan fingerprint density at radius 1 is 0.902 bits per heavy atom. The third-order valence-electron chi connectivity index (χ3n) is 7.34. The van der Waals surface area contributed by atoms with Crippen LogP contribution in [0.1, 0.15) is 16.7 Å². The van der Waals surface area contributed by atoms with Crippen LogP contribution in [-0.4, -0.2) is 56.0 Å². The molecule has 4 aromatic rings. The first-order valence-corrected chi connectivity index (χ1v) is 14.5. The van der Waals surface area contributed by atoms with Gasteiger partial charge in [0.05, 0.1) is 19.1 Å². The molecule has 212 valence electrons. The van der Waals surface area contributed by atoms with Gasteiger partial charge in [-0.25, -0.2) is 13.2 Å². The average molecular weight is 575 g/mol. The van der Waals surface area contributed by atoms with Crippen molar-refractivity contribution in [3.8, 4) is 11.5 Å². The third-order valence-corrected chi connectivity index (χ3v) is 9.19. The first-order valence-electron chi connectivity index (χ1n) is 13.0. The highest BCUT2D eigenvalue weighted by atomic mass is 32.2. The molecule has 0 radical (unpaired) electrons. The molecule has 2 N–H and O–H groups in total. The molecule has 1 heterocycles. The lowest BCUT2D eigenvalue weighted by Gasteiger charge is -2.35. The topological polar surface area (TPSA) is 122 Å². The number of nitrogens with one attached hydrogen (secondary N) is 1. The summed E-state index contributed by atoms with van der Waals surface area (Å²) in [5, 5.41) is 14.6. The van der Waals surface area contributed by atoms with E-state index in [4.69, 9.17) is 9.47 Å². The van der Waals surface area contributed by atoms with Crippen LogP contribution in [0, 0.1) is 0 Å². The van der Waals surface area contributed by atoms with Gasteiger partial charge in [0.2, 0.25) is 15.9 Å². The summed E-state index contributed by atoms with van der Waals surface area (Å²) in [5.41, 5.74) is 2.33. The normalized spacial score (nSPS) is 16.0. The van der Waals surface area contributed by atoms with Crippen molar-refractivity contribution in [1.29, 1.82) is 0 Å². The minimum Gasteiger partial charge on any atom is -0.493 e. The molecule has 9 nitrogen and oxygen atoms in total. The quantitative estimate of drug-likeness (QED) is 0.312. The zero-order valence-electron chi connectivity index (χ0n) is 22.6. The van der Waals surface area contributed by atoms with Crippen LogP contribution in [0.25, 0.3) is 10.8 Å². The first kappa shape index (κ1) is 28.1. The Balaban J connectivity index is 1.46. The van der Waals surface area contributed by atoms with Crippen LogP contribution < -0.4 is 14.8 Å². The van der Waals surface area contributed by atoms with Crippen molar-refractivity contribution in [2.75, 3.05) is 14.2 Å². The predicted molar refractivity (Wildman–Crippen MR) is 153 cm³/mol. The molecule has 0 aromatic heterocycles. The summed E-state index contributed by atoms with van der Waals surface area (Å²) in [5.74, 6) is -1.30. The number of hydrogen-bond donors (Lipinski definition) is 2. The smallest absolute Gasteiger partial charge is 0.326 e. The molecule has 1 aliphatic rings. The Kier molecular flexibility index (Phi) is 7.96. The third kappa shape index (κ3) is 5.75. The Morgan fingerprint density at radius 2 is 1.59 bits per heavy atom. The lowest BCUT2D eigenvalue weighted by Crippen LogP contribution is -2.55. The Morgan fingerprint density at radius 3 is 2.29 bits per heavy atom. The molecule has 0 saturated heterocycles. The van der Waals surface area contributed by atoms with Crippen LogP contribution in [-0.2, 0) is 39.0 Å². The van der Waals surface area contributed by atoms with E-state index in [2.05, 4.69) is 5.32 Å². The number of ether oxygens (including phenoxy) is 2. The van der Waals surface area contributed by atoms with Crippen LogP contribution >= 0.6 is 0 Å². The Hall–Kier alpha value is -4.41. The number of nitrogens with zero attached hydrogens (tertiary/aromatic N) is 1. The molecule has 5 rings (SSSR count). The first-order chi connectivity index (χ1) is 19.7. The molecule has 0 aliphatic carbocycles. The molecular weight excluding hydrogens is 544 g/mol. The van der Waals surface area contributed by atoms with Gasteiger partial charge in [0.15, 0.2) is 11.5 Å². The summed E-state index contributed by atoms with van der Waals surface area (Å²) in [7, 11) is -1.35. The number of sulfonamides is 1. The van der Waals surface area contributed by atoms with Crippen molar-refractivity contribution in [3.63, 3.8) is 0 Å². The number of carbonyl (C=O) groups excluding carboxylic acids is 1. The number of amides is 1. The van der Waals surface area contributed by atoms with Gasteiger partial charge in [-0.3, -0.25) is 4.79 Å². The van der Waals surface area contributed by atoms with Crippen LogP contribution in [0.3, 0.4) is 0 Å². The molecule has 0 unspecified atom stereocenters. The van der Waals surface area contributed by atoms with E-state index in [9.17, 15) is 23.1 Å². The summed E-state index contributed by atoms with van der Waals surface area (Å²) in [6.45, 7) is -0.0483. The lowest BCUT2D eigenvalue weighted by atomic mass is 9.95. The number of rotatable bonds is 9. The molecule has 0 spiro atoms. The maximum absolute atomic E-state index is 13.9. The second-order valence-corrected chi connectivity index (χ2v) is 11.7. The predicted octanol–water partition coefficient (Wildman–Crippen LogP) is 3.78. The van der Waals surface area contributed by atoms with Gasteiger partial charge in [-0.15, -0.1) is 0 Å². The molecular formula is C31H30N2O7S. The second-order valence-electron chi connectivity index (χ2n) is 9.84. The highest BCUT2D eigenvalue weighted by Gasteiger charge is 2.41. The molecule has 4 aromatic carbocycles. The molecule has 2 atom stereocenters. The van der Waals surface area contributed by atoms with Crippen molar-refractivity contribution in [2.24, 2.45) is 0 Å². The van der Waals surface area contributed by atoms with E-state index in [0.717, 1.165) is 31.8 Å². The molecule has 0 fully saturated rings. The lowest BCUT2D eigenvalue weighted by molar-refractivity contribution is -0.142. The minimum absolute atomic E-state index is 0.0393. The van der Waals surface area contributed by atoms with Gasteiger partial charge >= 0.3 is 5.97 Å². The average Bonchev–Trinajstić information content (AvgIpc) is 2.99. The highest BCUT2D eigenvalue weighted by Crippen LogP contribution is 2.34. The van der Waals surface area contributed by atoms with Gasteiger partial charge in [0.25, 0.3) is 0 Å². The van der Waals surface area contributed by atoms with Gasteiger partial charge in [-0.2, -0.15) is 4.31 Å². The summed E-state index contributed by atoms with van der Waals surface area (Å²) in [6.07, 6.45) is 0.133. The monoisotopic (exact) mass is 574 g/mol. The Labute approximate surface area is 238 Å². The maximum atomic E-state index is 13.9. The number of carbonyl (C=O) groups is 2. The van der Waals surface area contributed by atoms with Gasteiger partial charge in [-0.1, -0.05) is 66.7 Å². The summed E-state index contributed by atoms with van der Waals surface area (Å²) in [6, 6.07) is 22.5. The highest BCUT2D eigenvalue weighted by molar-refractivity contribution is 7.89. The van der Waals surface area contributed by atoms with E-state index in [1.54, 1.807) is 0 Å². The van der Waals surface area contributed by atoms with Crippen molar-refractivity contribution in [3.05, 3.63) is 102 Å². The van der Waals surface area contributed by atoms with Gasteiger partial charge in [-0.05, 0) is 46.0 Å². The molecule has 41 heavy (non-hydrogen) atoms. The summed E-state index contributed by atoms with van der Waals surface area (Å²) >= 11 is 0. The van der Waals surface area contributed by atoms with Crippen LogP contribution in [0.2, 0.25) is 0 Å². The molecule has 1 amide bonds. The maximum Gasteiger partial charge on any atom is 0.326 e. The van der Waals surface area contributed by atoms with Gasteiger partial charge in [0, 0.05) is 19.0 Å². The number of benzene rings is 4. The zero-order chi connectivity index (χ0) is 29.1. The van der Waals surface area contributed by atoms with E-state index < -0.39 is 34.0 Å². The van der Waals surface area contributed by atoms with E-state index >= 15 is 0 Å².